The first-order chi connectivity index (χ1) is 16.6. The van der Waals surface area contributed by atoms with Crippen molar-refractivity contribution in [2.45, 2.75) is 25.0 Å². The number of dihydropyridines is 1. The second-order valence-corrected chi connectivity index (χ2v) is 8.19. The number of Topliss-reactive ketones (excluding diaryl/α,β-unsaturated/α-hetero) is 1. The summed E-state index contributed by atoms with van der Waals surface area (Å²) >= 11 is 0. The fourth-order valence-electron chi connectivity index (χ4n) is 4.11. The van der Waals surface area contributed by atoms with E-state index in [0.29, 0.717) is 47.9 Å². The standard InChI is InChI=1S/C26H23N3O5/c30-25(16-6-9-19(10-7-16)34-18-4-2-1-3-5-18)24-23(20-12-13-27-21(20)14-28-24)29-17-8-11-22(26(31)32)33-15-17/h1-7,9-10,12-13,17,22,29H,8,11,14-15H2,(H,31,32)/t17-,22-/m1/s1. The first-order valence-electron chi connectivity index (χ1n) is 11.1. The summed E-state index contributed by atoms with van der Waals surface area (Å²) in [6.45, 7) is 0.559. The Balaban J connectivity index is 1.34. The van der Waals surface area contributed by atoms with Crippen molar-refractivity contribution in [1.29, 1.82) is 0 Å². The number of carbonyl (C=O) groups is 2. The summed E-state index contributed by atoms with van der Waals surface area (Å²) in [5, 5.41) is 12.5. The van der Waals surface area contributed by atoms with Gasteiger partial charge in [0.15, 0.2) is 6.10 Å². The van der Waals surface area contributed by atoms with E-state index in [4.69, 9.17) is 14.6 Å². The van der Waals surface area contributed by atoms with Crippen LogP contribution in [0, 0.1) is 0 Å². The lowest BCUT2D eigenvalue weighted by Crippen LogP contribution is -2.45. The molecule has 3 aliphatic rings. The quantitative estimate of drug-likeness (QED) is 0.616. The minimum atomic E-state index is -0.955. The van der Waals surface area contributed by atoms with Crippen LogP contribution in [0.5, 0.6) is 11.5 Å². The molecular weight excluding hydrogens is 434 g/mol. The maximum Gasteiger partial charge on any atom is 0.332 e. The summed E-state index contributed by atoms with van der Waals surface area (Å²) in [4.78, 5) is 33.5. The number of aliphatic imine (C=N–C) groups is 2. The van der Waals surface area contributed by atoms with Gasteiger partial charge in [-0.1, -0.05) is 18.2 Å². The van der Waals surface area contributed by atoms with E-state index < -0.39 is 12.1 Å². The molecule has 2 N–H and O–H groups in total. The molecule has 3 heterocycles. The summed E-state index contributed by atoms with van der Waals surface area (Å²) in [6.07, 6.45) is 3.77. The Morgan fingerprint density at radius 1 is 1.03 bits per heavy atom. The van der Waals surface area contributed by atoms with E-state index >= 15 is 0 Å². The van der Waals surface area contributed by atoms with Crippen LogP contribution >= 0.6 is 0 Å². The lowest BCUT2D eigenvalue weighted by Gasteiger charge is -2.30. The smallest absolute Gasteiger partial charge is 0.332 e. The molecule has 0 radical (unpaired) electrons. The number of nitrogens with zero attached hydrogens (tertiary/aromatic N) is 2. The fourth-order valence-corrected chi connectivity index (χ4v) is 4.11. The van der Waals surface area contributed by atoms with E-state index in [0.717, 1.165) is 11.3 Å². The largest absolute Gasteiger partial charge is 0.479 e. The normalized spacial score (nSPS) is 21.4. The predicted molar refractivity (Wildman–Crippen MR) is 127 cm³/mol. The lowest BCUT2D eigenvalue weighted by atomic mass is 9.95. The van der Waals surface area contributed by atoms with Crippen LogP contribution in [0.1, 0.15) is 23.2 Å². The lowest BCUT2D eigenvalue weighted by molar-refractivity contribution is -0.153. The molecule has 0 amide bonds. The van der Waals surface area contributed by atoms with E-state index in [9.17, 15) is 9.59 Å². The van der Waals surface area contributed by atoms with Crippen molar-refractivity contribution >= 4 is 23.2 Å². The van der Waals surface area contributed by atoms with Gasteiger partial charge in [-0.3, -0.25) is 14.8 Å². The van der Waals surface area contributed by atoms with Gasteiger partial charge in [0.05, 0.1) is 24.6 Å². The highest BCUT2D eigenvalue weighted by molar-refractivity contribution is 6.53. The third-order valence-electron chi connectivity index (χ3n) is 5.89. The van der Waals surface area contributed by atoms with E-state index in [-0.39, 0.29) is 18.4 Å². The molecule has 0 aliphatic carbocycles. The predicted octanol–water partition coefficient (Wildman–Crippen LogP) is 3.56. The van der Waals surface area contributed by atoms with Crippen molar-refractivity contribution in [2.75, 3.05) is 13.2 Å². The first kappa shape index (κ1) is 21.8. The molecule has 8 nitrogen and oxygen atoms in total. The summed E-state index contributed by atoms with van der Waals surface area (Å²) in [5.74, 6) is 0.184. The Morgan fingerprint density at radius 3 is 2.50 bits per heavy atom. The third kappa shape index (κ3) is 4.53. The number of benzene rings is 2. The third-order valence-corrected chi connectivity index (χ3v) is 5.89. The number of carboxylic acids is 1. The van der Waals surface area contributed by atoms with Gasteiger partial charge in [-0.2, -0.15) is 0 Å². The number of nitrogens with one attached hydrogen (secondary N) is 1. The van der Waals surface area contributed by atoms with Crippen molar-refractivity contribution in [3.63, 3.8) is 0 Å². The Hall–Kier alpha value is -4.04. The SMILES string of the molecule is O=C(C1=NCC2=NC=CC2=C1N[C@@H]1CC[C@H](C(=O)O)OC1)c1ccc(Oc2ccccc2)cc1. The van der Waals surface area contributed by atoms with Crippen molar-refractivity contribution in [3.8, 4) is 11.5 Å². The number of hydrogen-bond acceptors (Lipinski definition) is 7. The Bertz CT molecular complexity index is 1220. The van der Waals surface area contributed by atoms with Crippen LogP contribution in [0.3, 0.4) is 0 Å². The van der Waals surface area contributed by atoms with Gasteiger partial charge in [-0.05, 0) is 55.3 Å². The Labute approximate surface area is 196 Å². The summed E-state index contributed by atoms with van der Waals surface area (Å²) in [5.41, 5.74) is 3.06. The van der Waals surface area contributed by atoms with Crippen LogP contribution in [0.2, 0.25) is 0 Å². The average molecular weight is 457 g/mol. The van der Waals surface area contributed by atoms with Gasteiger partial charge in [0, 0.05) is 23.4 Å². The Kier molecular flexibility index (Phi) is 6.05. The molecule has 1 fully saturated rings. The second kappa shape index (κ2) is 9.44. The highest BCUT2D eigenvalue weighted by Gasteiger charge is 2.32. The molecular formula is C26H23N3O5. The molecule has 0 bridgehead atoms. The zero-order valence-corrected chi connectivity index (χ0v) is 18.3. The van der Waals surface area contributed by atoms with Gasteiger partial charge < -0.3 is 19.9 Å². The molecule has 2 atom stereocenters. The topological polar surface area (TPSA) is 110 Å². The van der Waals surface area contributed by atoms with Crippen LogP contribution in [0.15, 0.2) is 88.1 Å². The highest BCUT2D eigenvalue weighted by atomic mass is 16.5. The van der Waals surface area contributed by atoms with Gasteiger partial charge in [-0.15, -0.1) is 0 Å². The molecule has 8 heteroatoms. The maximum atomic E-state index is 13.4. The summed E-state index contributed by atoms with van der Waals surface area (Å²) in [6, 6.07) is 16.3. The molecule has 2 aromatic rings. The first-order valence-corrected chi connectivity index (χ1v) is 11.1. The van der Waals surface area contributed by atoms with Gasteiger partial charge in [-0.25, -0.2) is 4.79 Å². The molecule has 3 aliphatic heterocycles. The summed E-state index contributed by atoms with van der Waals surface area (Å²) in [7, 11) is 0. The number of hydrogen-bond donors (Lipinski definition) is 2. The molecule has 5 rings (SSSR count). The number of ether oxygens (including phenoxy) is 2. The van der Waals surface area contributed by atoms with Crippen LogP contribution in [0.25, 0.3) is 0 Å². The van der Waals surface area contributed by atoms with E-state index in [1.54, 1.807) is 30.5 Å². The second-order valence-electron chi connectivity index (χ2n) is 8.19. The fraction of sp³-hybridized carbons (Fsp3) is 0.231. The number of ketones is 1. The number of carbonyl (C=O) groups excluding carboxylic acids is 1. The van der Waals surface area contributed by atoms with Gasteiger partial charge in [0.2, 0.25) is 5.78 Å². The molecule has 0 saturated carbocycles. The zero-order chi connectivity index (χ0) is 23.5. The number of rotatable bonds is 7. The number of allylic oxidation sites excluding steroid dienone is 2. The van der Waals surface area contributed by atoms with E-state index in [1.807, 2.05) is 36.4 Å². The number of carboxylic acid groups (broad SMARTS) is 1. The molecule has 0 unspecified atom stereocenters. The van der Waals surface area contributed by atoms with Crippen molar-refractivity contribution < 1.29 is 24.2 Å². The highest BCUT2D eigenvalue weighted by Crippen LogP contribution is 2.25. The van der Waals surface area contributed by atoms with E-state index in [2.05, 4.69) is 15.3 Å². The average Bonchev–Trinajstić information content (AvgIpc) is 3.35. The van der Waals surface area contributed by atoms with Crippen LogP contribution < -0.4 is 10.1 Å². The van der Waals surface area contributed by atoms with Crippen LogP contribution in [-0.2, 0) is 9.53 Å². The molecule has 34 heavy (non-hydrogen) atoms. The minimum Gasteiger partial charge on any atom is -0.479 e. The van der Waals surface area contributed by atoms with Crippen LogP contribution in [-0.4, -0.2) is 53.6 Å². The van der Waals surface area contributed by atoms with Crippen molar-refractivity contribution in [1.82, 2.24) is 5.32 Å². The zero-order valence-electron chi connectivity index (χ0n) is 18.3. The van der Waals surface area contributed by atoms with Crippen molar-refractivity contribution in [3.05, 3.63) is 83.7 Å². The Morgan fingerprint density at radius 2 is 1.79 bits per heavy atom. The molecule has 0 aromatic heterocycles. The molecule has 172 valence electrons. The number of para-hydroxylation sites is 1. The van der Waals surface area contributed by atoms with Gasteiger partial charge in [0.1, 0.15) is 17.2 Å². The monoisotopic (exact) mass is 457 g/mol. The van der Waals surface area contributed by atoms with Crippen LogP contribution in [0.4, 0.5) is 0 Å². The van der Waals surface area contributed by atoms with Crippen molar-refractivity contribution in [2.24, 2.45) is 9.98 Å². The maximum absolute atomic E-state index is 13.4. The molecule has 2 aromatic carbocycles. The minimum absolute atomic E-state index is 0.133. The molecule has 0 spiro atoms. The van der Waals surface area contributed by atoms with Gasteiger partial charge in [0.25, 0.3) is 0 Å². The summed E-state index contributed by atoms with van der Waals surface area (Å²) < 4.78 is 11.3. The number of aliphatic carboxylic acids is 1. The number of fused-ring (bicyclic) bond motifs is 1. The van der Waals surface area contributed by atoms with Gasteiger partial charge >= 0.3 is 5.97 Å². The van der Waals surface area contributed by atoms with E-state index in [1.165, 1.54) is 0 Å². The molecule has 1 saturated heterocycles.